The van der Waals surface area contributed by atoms with Crippen molar-refractivity contribution in [3.05, 3.63) is 0 Å². The highest BCUT2D eigenvalue weighted by molar-refractivity contribution is 5.87. The quantitative estimate of drug-likeness (QED) is 0.800. The first-order valence-electron chi connectivity index (χ1n) is 8.87. The summed E-state index contributed by atoms with van der Waals surface area (Å²) in [4.78, 5) is 26.4. The van der Waals surface area contributed by atoms with Crippen molar-refractivity contribution in [1.29, 1.82) is 0 Å². The average Bonchev–Trinajstić information content (AvgIpc) is 2.55. The number of hydrogen-bond donors (Lipinski definition) is 2. The van der Waals surface area contributed by atoms with Crippen LogP contribution in [0, 0.1) is 11.8 Å². The van der Waals surface area contributed by atoms with Crippen molar-refractivity contribution >= 4 is 24.2 Å². The first kappa shape index (κ1) is 20.2. The van der Waals surface area contributed by atoms with Crippen LogP contribution in [0.15, 0.2) is 0 Å². The predicted molar refractivity (Wildman–Crippen MR) is 94.7 cm³/mol. The minimum atomic E-state index is -0.401. The zero-order valence-corrected chi connectivity index (χ0v) is 15.3. The van der Waals surface area contributed by atoms with Gasteiger partial charge in [-0.3, -0.25) is 9.59 Å². The number of halogens is 1. The predicted octanol–water partition coefficient (Wildman–Crippen LogP) is 1.95. The van der Waals surface area contributed by atoms with Gasteiger partial charge in [0.1, 0.15) is 6.04 Å². The van der Waals surface area contributed by atoms with Crippen LogP contribution in [0.4, 0.5) is 0 Å². The Bertz CT molecular complexity index is 380. The lowest BCUT2D eigenvalue weighted by molar-refractivity contribution is -0.137. The maximum Gasteiger partial charge on any atom is 0.244 e. The lowest BCUT2D eigenvalue weighted by Gasteiger charge is -2.30. The van der Waals surface area contributed by atoms with Gasteiger partial charge in [0, 0.05) is 19.5 Å². The molecule has 23 heavy (non-hydrogen) atoms. The third-order valence-electron chi connectivity index (χ3n) is 5.06. The first-order chi connectivity index (χ1) is 10.6. The summed E-state index contributed by atoms with van der Waals surface area (Å²) in [5.41, 5.74) is 0. The van der Waals surface area contributed by atoms with E-state index >= 15 is 0 Å². The van der Waals surface area contributed by atoms with Gasteiger partial charge < -0.3 is 15.5 Å². The van der Waals surface area contributed by atoms with E-state index in [4.69, 9.17) is 0 Å². The van der Waals surface area contributed by atoms with E-state index < -0.39 is 6.04 Å². The number of nitrogens with one attached hydrogen (secondary N) is 2. The average molecular weight is 346 g/mol. The molecule has 2 N–H and O–H groups in total. The summed E-state index contributed by atoms with van der Waals surface area (Å²) in [6, 6.07) is -0.401. The molecule has 0 saturated carbocycles. The molecule has 2 amide bonds. The van der Waals surface area contributed by atoms with Crippen molar-refractivity contribution in [2.75, 3.05) is 26.2 Å². The fourth-order valence-corrected chi connectivity index (χ4v) is 3.57. The van der Waals surface area contributed by atoms with Crippen LogP contribution in [0.1, 0.15) is 52.4 Å². The van der Waals surface area contributed by atoms with Crippen molar-refractivity contribution < 1.29 is 9.59 Å². The molecular formula is C17H32ClN3O2. The number of amides is 2. The monoisotopic (exact) mass is 345 g/mol. The molecule has 3 atom stereocenters. The zero-order chi connectivity index (χ0) is 15.9. The van der Waals surface area contributed by atoms with E-state index in [1.807, 2.05) is 11.8 Å². The lowest BCUT2D eigenvalue weighted by atomic mass is 9.85. The Morgan fingerprint density at radius 3 is 2.48 bits per heavy atom. The van der Waals surface area contributed by atoms with Gasteiger partial charge in [0.05, 0.1) is 0 Å². The molecule has 2 rings (SSSR count). The molecule has 0 aliphatic carbocycles. The van der Waals surface area contributed by atoms with Crippen molar-refractivity contribution in [2.24, 2.45) is 11.8 Å². The molecule has 2 saturated heterocycles. The second-order valence-corrected chi connectivity index (χ2v) is 6.96. The number of nitrogens with zero attached hydrogens (tertiary/aromatic N) is 1. The van der Waals surface area contributed by atoms with E-state index in [-0.39, 0.29) is 24.2 Å². The molecule has 2 aliphatic heterocycles. The second kappa shape index (κ2) is 10.1. The van der Waals surface area contributed by atoms with E-state index in [1.165, 1.54) is 19.3 Å². The van der Waals surface area contributed by atoms with Crippen LogP contribution in [-0.2, 0) is 9.59 Å². The molecule has 0 radical (unpaired) electrons. The minimum absolute atomic E-state index is 0. The smallest absolute Gasteiger partial charge is 0.244 e. The van der Waals surface area contributed by atoms with E-state index in [0.717, 1.165) is 39.0 Å². The SMILES string of the molecule is CC(NC(=O)CC(C)C1CCCNC1)C(=O)N1CCCCC1.Cl. The standard InChI is InChI=1S/C17H31N3O2.ClH/c1-13(15-7-6-8-18-12-15)11-16(21)19-14(2)17(22)20-9-4-3-5-10-20;/h13-15,18H,3-12H2,1-2H3,(H,19,21);1H. The summed E-state index contributed by atoms with van der Waals surface area (Å²) in [7, 11) is 0. The Kier molecular flexibility index (Phi) is 8.92. The van der Waals surface area contributed by atoms with Crippen LogP contribution in [0.3, 0.4) is 0 Å². The maximum atomic E-state index is 12.3. The van der Waals surface area contributed by atoms with Crippen LogP contribution in [0.2, 0.25) is 0 Å². The summed E-state index contributed by atoms with van der Waals surface area (Å²) in [5.74, 6) is 1.02. The van der Waals surface area contributed by atoms with Crippen LogP contribution >= 0.6 is 12.4 Å². The minimum Gasteiger partial charge on any atom is -0.345 e. The third-order valence-corrected chi connectivity index (χ3v) is 5.06. The summed E-state index contributed by atoms with van der Waals surface area (Å²) in [6.45, 7) is 7.73. The van der Waals surface area contributed by atoms with Gasteiger partial charge >= 0.3 is 0 Å². The van der Waals surface area contributed by atoms with Gasteiger partial charge in [-0.15, -0.1) is 12.4 Å². The molecule has 0 bridgehead atoms. The fourth-order valence-electron chi connectivity index (χ4n) is 3.57. The lowest BCUT2D eigenvalue weighted by Crippen LogP contribution is -2.49. The molecule has 6 heteroatoms. The molecule has 5 nitrogen and oxygen atoms in total. The molecule has 0 aromatic rings. The summed E-state index contributed by atoms with van der Waals surface area (Å²) in [6.07, 6.45) is 6.28. The fraction of sp³-hybridized carbons (Fsp3) is 0.882. The van der Waals surface area contributed by atoms with E-state index in [9.17, 15) is 9.59 Å². The largest absolute Gasteiger partial charge is 0.345 e. The zero-order valence-electron chi connectivity index (χ0n) is 14.5. The summed E-state index contributed by atoms with van der Waals surface area (Å²) < 4.78 is 0. The van der Waals surface area contributed by atoms with Gasteiger partial charge in [-0.25, -0.2) is 0 Å². The van der Waals surface area contributed by atoms with Gasteiger partial charge in [0.2, 0.25) is 11.8 Å². The van der Waals surface area contributed by atoms with Crippen molar-refractivity contribution in [3.63, 3.8) is 0 Å². The van der Waals surface area contributed by atoms with Crippen molar-refractivity contribution in [3.8, 4) is 0 Å². The summed E-state index contributed by atoms with van der Waals surface area (Å²) >= 11 is 0. The van der Waals surface area contributed by atoms with Crippen LogP contribution in [0.25, 0.3) is 0 Å². The van der Waals surface area contributed by atoms with Gasteiger partial charge in [0.25, 0.3) is 0 Å². The molecular weight excluding hydrogens is 314 g/mol. The van der Waals surface area contributed by atoms with Gasteiger partial charge in [-0.05, 0) is 64.0 Å². The Morgan fingerprint density at radius 2 is 1.87 bits per heavy atom. The van der Waals surface area contributed by atoms with Crippen LogP contribution < -0.4 is 10.6 Å². The highest BCUT2D eigenvalue weighted by atomic mass is 35.5. The van der Waals surface area contributed by atoms with Gasteiger partial charge in [-0.1, -0.05) is 6.92 Å². The van der Waals surface area contributed by atoms with Crippen LogP contribution in [-0.4, -0.2) is 48.9 Å². The molecule has 3 unspecified atom stereocenters. The number of likely N-dealkylation sites (tertiary alicyclic amines) is 1. The normalized spacial score (nSPS) is 24.3. The number of piperidine rings is 2. The maximum absolute atomic E-state index is 12.3. The first-order valence-corrected chi connectivity index (χ1v) is 8.87. The number of carbonyl (C=O) groups excluding carboxylic acids is 2. The molecule has 0 aromatic heterocycles. The third kappa shape index (κ3) is 6.30. The topological polar surface area (TPSA) is 61.4 Å². The number of hydrogen-bond acceptors (Lipinski definition) is 3. The molecule has 2 aliphatic rings. The Morgan fingerprint density at radius 1 is 1.17 bits per heavy atom. The Hall–Kier alpha value is -0.810. The van der Waals surface area contributed by atoms with E-state index in [2.05, 4.69) is 17.6 Å². The highest BCUT2D eigenvalue weighted by Crippen LogP contribution is 2.22. The molecule has 2 fully saturated rings. The second-order valence-electron chi connectivity index (χ2n) is 6.96. The molecule has 0 aromatic carbocycles. The number of rotatable bonds is 5. The van der Waals surface area contributed by atoms with Gasteiger partial charge in [-0.2, -0.15) is 0 Å². The van der Waals surface area contributed by atoms with E-state index in [0.29, 0.717) is 18.3 Å². The highest BCUT2D eigenvalue weighted by Gasteiger charge is 2.26. The molecule has 134 valence electrons. The Balaban J connectivity index is 0.00000264. The van der Waals surface area contributed by atoms with Crippen molar-refractivity contribution in [2.45, 2.75) is 58.4 Å². The van der Waals surface area contributed by atoms with E-state index in [1.54, 1.807) is 0 Å². The molecule has 0 spiro atoms. The summed E-state index contributed by atoms with van der Waals surface area (Å²) in [5, 5.41) is 6.29. The van der Waals surface area contributed by atoms with Gasteiger partial charge in [0.15, 0.2) is 0 Å². The Labute approximate surface area is 146 Å². The van der Waals surface area contributed by atoms with Crippen LogP contribution in [0.5, 0.6) is 0 Å². The number of carbonyl (C=O) groups is 2. The molecule has 2 heterocycles. The van der Waals surface area contributed by atoms with Crippen molar-refractivity contribution in [1.82, 2.24) is 15.5 Å².